The number of aryl methyl sites for hydroxylation is 2. The highest BCUT2D eigenvalue weighted by Gasteiger charge is 2.19. The molecule has 0 aliphatic rings. The number of rotatable bonds is 7. The van der Waals surface area contributed by atoms with Crippen LogP contribution in [-0.2, 0) is 30.2 Å². The molecule has 30 heavy (non-hydrogen) atoms. The Bertz CT molecular complexity index is 1260. The van der Waals surface area contributed by atoms with Gasteiger partial charge in [0.2, 0.25) is 0 Å². The van der Waals surface area contributed by atoms with Crippen LogP contribution in [-0.4, -0.2) is 26.3 Å². The molecule has 3 aromatic rings. The van der Waals surface area contributed by atoms with Crippen molar-refractivity contribution in [2.24, 2.45) is 14.1 Å². The topological polar surface area (TPSA) is 99.0 Å². The molecule has 0 saturated heterocycles. The van der Waals surface area contributed by atoms with Gasteiger partial charge >= 0.3 is 11.7 Å². The van der Waals surface area contributed by atoms with Crippen LogP contribution in [0.1, 0.15) is 31.7 Å². The zero-order chi connectivity index (χ0) is 21.8. The van der Waals surface area contributed by atoms with Crippen molar-refractivity contribution in [1.82, 2.24) is 13.7 Å². The lowest BCUT2D eigenvalue weighted by molar-refractivity contribution is -0.143. The summed E-state index contributed by atoms with van der Waals surface area (Å²) >= 11 is 0. The van der Waals surface area contributed by atoms with E-state index in [1.165, 1.54) is 11.6 Å². The van der Waals surface area contributed by atoms with Gasteiger partial charge in [0.15, 0.2) is 0 Å². The van der Waals surface area contributed by atoms with Crippen molar-refractivity contribution in [3.8, 4) is 17.3 Å². The lowest BCUT2D eigenvalue weighted by Crippen LogP contribution is -2.36. The van der Waals surface area contributed by atoms with Crippen LogP contribution in [0, 0.1) is 11.3 Å². The summed E-state index contributed by atoms with van der Waals surface area (Å²) in [6.45, 7) is 2.69. The van der Waals surface area contributed by atoms with Gasteiger partial charge in [0.25, 0.3) is 5.56 Å². The Kier molecular flexibility index (Phi) is 6.21. The molecule has 0 spiro atoms. The van der Waals surface area contributed by atoms with E-state index < -0.39 is 5.69 Å². The fourth-order valence-electron chi connectivity index (χ4n) is 3.60. The van der Waals surface area contributed by atoms with Crippen molar-refractivity contribution in [3.05, 3.63) is 56.9 Å². The number of aromatic nitrogens is 3. The highest BCUT2D eigenvalue weighted by Crippen LogP contribution is 2.29. The van der Waals surface area contributed by atoms with Crippen LogP contribution >= 0.6 is 0 Å². The Balaban J connectivity index is 2.09. The highest BCUT2D eigenvalue weighted by atomic mass is 16.5. The smallest absolute Gasteiger partial charge is 0.330 e. The molecule has 8 heteroatoms. The quantitative estimate of drug-likeness (QED) is 0.441. The number of unbranched alkanes of at least 4 members (excludes halogenated alkanes) is 1. The molecule has 0 unspecified atom stereocenters. The Hall–Kier alpha value is -3.60. The largest absolute Gasteiger partial charge is 0.466 e. The van der Waals surface area contributed by atoms with Crippen LogP contribution in [0.25, 0.3) is 22.2 Å². The molecule has 156 valence electrons. The summed E-state index contributed by atoms with van der Waals surface area (Å²) in [7, 11) is 3.08. The maximum Gasteiger partial charge on any atom is 0.330 e. The SMILES string of the molecule is CCOC(=O)CCCCn1cc2c(c1-c1cccc(C#N)c1)c(=O)n(C)c(=O)n2C. The molecule has 0 bridgehead atoms. The van der Waals surface area contributed by atoms with Gasteiger partial charge in [-0.1, -0.05) is 12.1 Å². The van der Waals surface area contributed by atoms with Crippen molar-refractivity contribution in [1.29, 1.82) is 5.26 Å². The van der Waals surface area contributed by atoms with Gasteiger partial charge in [-0.3, -0.25) is 18.7 Å². The molecular weight excluding hydrogens is 384 g/mol. The van der Waals surface area contributed by atoms with E-state index in [0.717, 1.165) is 10.1 Å². The maximum absolute atomic E-state index is 13.0. The van der Waals surface area contributed by atoms with Gasteiger partial charge in [-0.15, -0.1) is 0 Å². The normalized spacial score (nSPS) is 10.9. The molecule has 0 atom stereocenters. The first-order valence-electron chi connectivity index (χ1n) is 9.84. The first-order chi connectivity index (χ1) is 14.4. The molecule has 1 aromatic carbocycles. The minimum absolute atomic E-state index is 0.228. The average molecular weight is 408 g/mol. The van der Waals surface area contributed by atoms with Crippen LogP contribution in [0.3, 0.4) is 0 Å². The van der Waals surface area contributed by atoms with Crippen molar-refractivity contribution in [3.63, 3.8) is 0 Å². The van der Waals surface area contributed by atoms with Crippen LogP contribution in [0.15, 0.2) is 40.1 Å². The predicted octanol–water partition coefficient (Wildman–Crippen LogP) is 2.31. The van der Waals surface area contributed by atoms with E-state index in [-0.39, 0.29) is 11.5 Å². The fourth-order valence-corrected chi connectivity index (χ4v) is 3.60. The van der Waals surface area contributed by atoms with E-state index in [2.05, 4.69) is 6.07 Å². The molecule has 0 N–H and O–H groups in total. The van der Waals surface area contributed by atoms with Crippen LogP contribution in [0.2, 0.25) is 0 Å². The number of fused-ring (bicyclic) bond motifs is 1. The van der Waals surface area contributed by atoms with E-state index in [1.807, 2.05) is 10.6 Å². The second-order valence-corrected chi connectivity index (χ2v) is 7.09. The third kappa shape index (κ3) is 3.92. The number of nitriles is 1. The van der Waals surface area contributed by atoms with Gasteiger partial charge < -0.3 is 9.30 Å². The fraction of sp³-hybridized carbons (Fsp3) is 0.364. The van der Waals surface area contributed by atoms with E-state index in [0.29, 0.717) is 54.6 Å². The molecule has 3 rings (SSSR count). The molecule has 0 aliphatic carbocycles. The zero-order valence-electron chi connectivity index (χ0n) is 17.3. The summed E-state index contributed by atoms with van der Waals surface area (Å²) in [5, 5.41) is 9.71. The molecule has 0 fully saturated rings. The van der Waals surface area contributed by atoms with Gasteiger partial charge in [-0.25, -0.2) is 4.79 Å². The summed E-state index contributed by atoms with van der Waals surface area (Å²) in [5.41, 5.74) is 1.63. The van der Waals surface area contributed by atoms with Crippen molar-refractivity contribution >= 4 is 16.9 Å². The van der Waals surface area contributed by atoms with Crippen LogP contribution in [0.4, 0.5) is 0 Å². The van der Waals surface area contributed by atoms with E-state index in [1.54, 1.807) is 38.4 Å². The van der Waals surface area contributed by atoms with Crippen LogP contribution in [0.5, 0.6) is 0 Å². The predicted molar refractivity (Wildman–Crippen MR) is 113 cm³/mol. The first kappa shape index (κ1) is 21.1. The van der Waals surface area contributed by atoms with Gasteiger partial charge in [-0.2, -0.15) is 5.26 Å². The average Bonchev–Trinajstić information content (AvgIpc) is 3.13. The lowest BCUT2D eigenvalue weighted by atomic mass is 10.1. The number of ether oxygens (including phenoxy) is 1. The maximum atomic E-state index is 13.0. The van der Waals surface area contributed by atoms with Gasteiger partial charge in [0.1, 0.15) is 0 Å². The first-order valence-corrected chi connectivity index (χ1v) is 9.84. The molecule has 0 radical (unpaired) electrons. The Morgan fingerprint density at radius 2 is 1.93 bits per heavy atom. The number of benzene rings is 1. The monoisotopic (exact) mass is 408 g/mol. The summed E-state index contributed by atoms with van der Waals surface area (Å²) in [6, 6.07) is 9.16. The zero-order valence-corrected chi connectivity index (χ0v) is 17.3. The second kappa shape index (κ2) is 8.82. The third-order valence-electron chi connectivity index (χ3n) is 5.11. The number of hydrogen-bond acceptors (Lipinski definition) is 5. The van der Waals surface area contributed by atoms with Crippen molar-refractivity contribution in [2.75, 3.05) is 6.61 Å². The number of carbonyl (C=O) groups excluding carboxylic acids is 1. The Morgan fingerprint density at radius 3 is 2.63 bits per heavy atom. The van der Waals surface area contributed by atoms with E-state index >= 15 is 0 Å². The summed E-state index contributed by atoms with van der Waals surface area (Å²) in [4.78, 5) is 36.9. The molecule has 2 heterocycles. The Labute approximate surface area is 173 Å². The molecule has 2 aromatic heterocycles. The standard InChI is InChI=1S/C22H24N4O4/c1-4-30-18(27)10-5-6-11-26-14-17-19(21(28)25(3)22(29)24(17)2)20(26)16-9-7-8-15(12-16)13-23/h7-9,12,14H,4-6,10-11H2,1-3H3. The third-order valence-corrected chi connectivity index (χ3v) is 5.11. The van der Waals surface area contributed by atoms with Crippen molar-refractivity contribution < 1.29 is 9.53 Å². The van der Waals surface area contributed by atoms with Crippen molar-refractivity contribution in [2.45, 2.75) is 32.7 Å². The molecular formula is C22H24N4O4. The highest BCUT2D eigenvalue weighted by molar-refractivity contribution is 5.93. The number of nitrogens with zero attached hydrogens (tertiary/aromatic N) is 4. The van der Waals surface area contributed by atoms with E-state index in [4.69, 9.17) is 4.74 Å². The lowest BCUT2D eigenvalue weighted by Gasteiger charge is -2.10. The summed E-state index contributed by atoms with van der Waals surface area (Å²) in [6.07, 6.45) is 3.45. The summed E-state index contributed by atoms with van der Waals surface area (Å²) in [5.74, 6) is -0.228. The molecule has 0 saturated carbocycles. The van der Waals surface area contributed by atoms with Gasteiger partial charge in [0, 0.05) is 38.8 Å². The van der Waals surface area contributed by atoms with Crippen LogP contribution < -0.4 is 11.2 Å². The van der Waals surface area contributed by atoms with Gasteiger partial charge in [-0.05, 0) is 31.9 Å². The number of esters is 1. The second-order valence-electron chi connectivity index (χ2n) is 7.09. The minimum Gasteiger partial charge on any atom is -0.466 e. The molecule has 8 nitrogen and oxygen atoms in total. The van der Waals surface area contributed by atoms with Gasteiger partial charge in [0.05, 0.1) is 34.8 Å². The molecule has 0 amide bonds. The van der Waals surface area contributed by atoms with E-state index in [9.17, 15) is 19.6 Å². The number of hydrogen-bond donors (Lipinski definition) is 0. The number of carbonyl (C=O) groups is 1. The minimum atomic E-state index is -0.399. The Morgan fingerprint density at radius 1 is 1.17 bits per heavy atom. The summed E-state index contributed by atoms with van der Waals surface area (Å²) < 4.78 is 9.42. The molecule has 0 aliphatic heterocycles.